The van der Waals surface area contributed by atoms with Gasteiger partial charge in [0.05, 0.1) is 21.2 Å². The van der Waals surface area contributed by atoms with Crippen molar-refractivity contribution >= 4 is 39.1 Å². The number of benzene rings is 1. The van der Waals surface area contributed by atoms with Gasteiger partial charge in [0.1, 0.15) is 5.82 Å². The molecule has 1 fully saturated rings. The number of carbonyl (C=O) groups excluding carboxylic acids is 2. The maximum absolute atomic E-state index is 12.5. The van der Waals surface area contributed by atoms with Crippen molar-refractivity contribution in [1.29, 1.82) is 0 Å². The number of halogens is 1. The van der Waals surface area contributed by atoms with Crippen LogP contribution in [0.25, 0.3) is 0 Å². The Balaban J connectivity index is 1.72. The van der Waals surface area contributed by atoms with Gasteiger partial charge in [0, 0.05) is 25.2 Å². The molecule has 0 atom stereocenters. The van der Waals surface area contributed by atoms with Crippen LogP contribution in [0.1, 0.15) is 41.9 Å². The van der Waals surface area contributed by atoms with Gasteiger partial charge in [-0.3, -0.25) is 9.59 Å². The normalized spacial score (nSPS) is 15.0. The van der Waals surface area contributed by atoms with Crippen LogP contribution in [-0.2, 0) is 14.8 Å². The molecule has 0 aliphatic carbocycles. The first-order valence-electron chi connectivity index (χ1n) is 8.93. The number of carbonyl (C=O) groups is 2. The summed E-state index contributed by atoms with van der Waals surface area (Å²) in [5.74, 6) is -0.319. The highest BCUT2D eigenvalue weighted by molar-refractivity contribution is 7.90. The van der Waals surface area contributed by atoms with Crippen LogP contribution in [0.15, 0.2) is 35.5 Å². The zero-order chi connectivity index (χ0) is 21.0. The Morgan fingerprint density at radius 1 is 1.17 bits per heavy atom. The number of nitrogens with one attached hydrogen (secondary N) is 3. The quantitative estimate of drug-likeness (QED) is 0.648. The minimum Gasteiger partial charge on any atom is -0.325 e. The number of anilines is 1. The van der Waals surface area contributed by atoms with Gasteiger partial charge < -0.3 is 10.6 Å². The van der Waals surface area contributed by atoms with Gasteiger partial charge in [-0.2, -0.15) is 0 Å². The highest BCUT2D eigenvalue weighted by Gasteiger charge is 2.22. The Kier molecular flexibility index (Phi) is 6.46. The SMILES string of the molecule is CC(=O)Nc1ccc(S(=O)(=O)NC(=O)c2cnc(C3CCNCC3)nc2)cc1Cl. The number of nitrogens with zero attached hydrogens (tertiary/aromatic N) is 2. The summed E-state index contributed by atoms with van der Waals surface area (Å²) < 4.78 is 27.0. The number of sulfonamides is 1. The van der Waals surface area contributed by atoms with Crippen molar-refractivity contribution < 1.29 is 18.0 Å². The first-order valence-corrected chi connectivity index (χ1v) is 10.8. The summed E-state index contributed by atoms with van der Waals surface area (Å²) in [6, 6.07) is 3.74. The van der Waals surface area contributed by atoms with Crippen LogP contribution in [0.4, 0.5) is 5.69 Å². The summed E-state index contributed by atoms with van der Waals surface area (Å²) in [4.78, 5) is 31.7. The van der Waals surface area contributed by atoms with Gasteiger partial charge in [-0.15, -0.1) is 0 Å². The number of rotatable bonds is 5. The summed E-state index contributed by atoms with van der Waals surface area (Å²) in [6.45, 7) is 3.08. The zero-order valence-corrected chi connectivity index (χ0v) is 17.2. The predicted octanol–water partition coefficient (Wildman–Crippen LogP) is 1.67. The summed E-state index contributed by atoms with van der Waals surface area (Å²) in [6.07, 6.45) is 4.47. The highest BCUT2D eigenvalue weighted by Crippen LogP contribution is 2.25. The van der Waals surface area contributed by atoms with E-state index in [-0.39, 0.29) is 33.0 Å². The van der Waals surface area contributed by atoms with Crippen LogP contribution in [0.5, 0.6) is 0 Å². The molecule has 0 spiro atoms. The van der Waals surface area contributed by atoms with E-state index in [0.717, 1.165) is 32.0 Å². The van der Waals surface area contributed by atoms with Crippen molar-refractivity contribution in [1.82, 2.24) is 20.0 Å². The zero-order valence-electron chi connectivity index (χ0n) is 15.6. The Morgan fingerprint density at radius 2 is 1.83 bits per heavy atom. The Hall–Kier alpha value is -2.56. The predicted molar refractivity (Wildman–Crippen MR) is 107 cm³/mol. The van der Waals surface area contributed by atoms with Crippen LogP contribution in [0.3, 0.4) is 0 Å². The molecule has 29 heavy (non-hydrogen) atoms. The number of amides is 2. The average Bonchev–Trinajstić information content (AvgIpc) is 2.69. The van der Waals surface area contributed by atoms with Gasteiger partial charge in [0.25, 0.3) is 15.9 Å². The first-order chi connectivity index (χ1) is 13.8. The van der Waals surface area contributed by atoms with Crippen LogP contribution in [0, 0.1) is 0 Å². The molecule has 0 radical (unpaired) electrons. The molecular weight excluding hydrogens is 418 g/mol. The van der Waals surface area contributed by atoms with E-state index in [1.807, 2.05) is 4.72 Å². The molecule has 0 bridgehead atoms. The molecule has 3 N–H and O–H groups in total. The number of piperidine rings is 1. The summed E-state index contributed by atoms with van der Waals surface area (Å²) >= 11 is 6.01. The van der Waals surface area contributed by atoms with Gasteiger partial charge in [0.15, 0.2) is 0 Å². The van der Waals surface area contributed by atoms with E-state index < -0.39 is 15.9 Å². The Morgan fingerprint density at radius 3 is 2.41 bits per heavy atom. The van der Waals surface area contributed by atoms with Crippen LogP contribution in [-0.4, -0.2) is 43.3 Å². The van der Waals surface area contributed by atoms with Gasteiger partial charge >= 0.3 is 0 Å². The third kappa shape index (κ3) is 5.28. The molecule has 11 heteroatoms. The van der Waals surface area contributed by atoms with Crippen molar-refractivity contribution in [2.75, 3.05) is 18.4 Å². The monoisotopic (exact) mass is 437 g/mol. The van der Waals surface area contributed by atoms with E-state index in [0.29, 0.717) is 5.82 Å². The van der Waals surface area contributed by atoms with Crippen molar-refractivity contribution in [3.05, 3.63) is 47.0 Å². The number of hydrogen-bond acceptors (Lipinski definition) is 7. The van der Waals surface area contributed by atoms with E-state index in [4.69, 9.17) is 11.6 Å². The molecule has 2 heterocycles. The molecule has 1 aliphatic rings. The lowest BCUT2D eigenvalue weighted by Crippen LogP contribution is -2.31. The van der Waals surface area contributed by atoms with Crippen molar-refractivity contribution in [2.24, 2.45) is 0 Å². The second-order valence-electron chi connectivity index (χ2n) is 6.61. The smallest absolute Gasteiger partial charge is 0.268 e. The van der Waals surface area contributed by atoms with Gasteiger partial charge in [0.2, 0.25) is 5.91 Å². The molecule has 1 aromatic carbocycles. The van der Waals surface area contributed by atoms with E-state index in [1.165, 1.54) is 31.5 Å². The lowest BCUT2D eigenvalue weighted by molar-refractivity contribution is -0.114. The average molecular weight is 438 g/mol. The minimum absolute atomic E-state index is 0.0326. The standard InChI is InChI=1S/C18H20ClN5O4S/c1-11(25)23-16-3-2-14(8-15(16)19)29(27,28)24-18(26)13-9-21-17(22-10-13)12-4-6-20-7-5-12/h2-3,8-10,12,20H,4-7H2,1H3,(H,23,25)(H,24,26). The van der Waals surface area contributed by atoms with E-state index >= 15 is 0 Å². The van der Waals surface area contributed by atoms with Gasteiger partial charge in [-0.25, -0.2) is 23.1 Å². The number of aromatic nitrogens is 2. The Labute approximate surface area is 173 Å². The second kappa shape index (κ2) is 8.85. The largest absolute Gasteiger partial charge is 0.325 e. The maximum atomic E-state index is 12.5. The third-order valence-electron chi connectivity index (χ3n) is 4.43. The molecule has 0 saturated carbocycles. The topological polar surface area (TPSA) is 130 Å². The van der Waals surface area contributed by atoms with Crippen molar-refractivity contribution in [3.8, 4) is 0 Å². The molecule has 1 aliphatic heterocycles. The molecular formula is C18H20ClN5O4S. The fourth-order valence-corrected chi connectivity index (χ4v) is 4.23. The fraction of sp³-hybridized carbons (Fsp3) is 0.333. The molecule has 2 aromatic rings. The van der Waals surface area contributed by atoms with Crippen molar-refractivity contribution in [3.63, 3.8) is 0 Å². The molecule has 1 saturated heterocycles. The molecule has 9 nitrogen and oxygen atoms in total. The molecule has 2 amide bonds. The summed E-state index contributed by atoms with van der Waals surface area (Å²) in [5.41, 5.74) is 0.304. The fourth-order valence-electron chi connectivity index (χ4n) is 2.94. The van der Waals surface area contributed by atoms with Gasteiger partial charge in [-0.1, -0.05) is 11.6 Å². The Bertz CT molecular complexity index is 1020. The van der Waals surface area contributed by atoms with Crippen LogP contribution in [0.2, 0.25) is 5.02 Å². The van der Waals surface area contributed by atoms with E-state index in [1.54, 1.807) is 0 Å². The highest BCUT2D eigenvalue weighted by atomic mass is 35.5. The van der Waals surface area contributed by atoms with Crippen LogP contribution < -0.4 is 15.4 Å². The molecule has 1 aromatic heterocycles. The van der Waals surface area contributed by atoms with E-state index in [2.05, 4.69) is 20.6 Å². The van der Waals surface area contributed by atoms with E-state index in [9.17, 15) is 18.0 Å². The lowest BCUT2D eigenvalue weighted by Gasteiger charge is -2.21. The van der Waals surface area contributed by atoms with Gasteiger partial charge in [-0.05, 0) is 44.1 Å². The number of hydrogen-bond donors (Lipinski definition) is 3. The molecule has 0 unspecified atom stereocenters. The molecule has 154 valence electrons. The van der Waals surface area contributed by atoms with Crippen LogP contribution >= 0.6 is 11.6 Å². The van der Waals surface area contributed by atoms with Crippen molar-refractivity contribution in [2.45, 2.75) is 30.6 Å². The third-order valence-corrected chi connectivity index (χ3v) is 6.07. The lowest BCUT2D eigenvalue weighted by atomic mass is 9.97. The summed E-state index contributed by atoms with van der Waals surface area (Å²) in [5, 5.41) is 5.77. The summed E-state index contributed by atoms with van der Waals surface area (Å²) in [7, 11) is -4.17. The molecule has 3 rings (SSSR count). The maximum Gasteiger partial charge on any atom is 0.268 e. The minimum atomic E-state index is -4.17. The first kappa shape index (κ1) is 21.2. The second-order valence-corrected chi connectivity index (χ2v) is 8.70.